The molecule has 0 amide bonds. The van der Waals surface area contributed by atoms with Gasteiger partial charge < -0.3 is 10.2 Å². The number of aliphatic hydroxyl groups is 2. The largest absolute Gasteiger partial charge is 0.390 e. The summed E-state index contributed by atoms with van der Waals surface area (Å²) in [6.07, 6.45) is 4.21. The normalized spacial score (nSPS) is 18.2. The highest BCUT2D eigenvalue weighted by molar-refractivity contribution is 4.81. The van der Waals surface area contributed by atoms with Crippen LogP contribution in [0.25, 0.3) is 0 Å². The van der Waals surface area contributed by atoms with E-state index in [4.69, 9.17) is 0 Å². The standard InChI is InChI=1S/C14H30O2/c1-6-8-9-11(7-2)10-12(15)13(16)14(3,4)5/h11-13,15-16H,6-10H2,1-5H3. The molecule has 0 aliphatic rings. The van der Waals surface area contributed by atoms with Gasteiger partial charge in [-0.15, -0.1) is 0 Å². The van der Waals surface area contributed by atoms with Crippen LogP contribution in [0.4, 0.5) is 0 Å². The monoisotopic (exact) mass is 230 g/mol. The average Bonchev–Trinajstić information content (AvgIpc) is 2.21. The molecule has 0 radical (unpaired) electrons. The van der Waals surface area contributed by atoms with Crippen molar-refractivity contribution in [2.24, 2.45) is 11.3 Å². The van der Waals surface area contributed by atoms with Crippen LogP contribution in [0.5, 0.6) is 0 Å². The van der Waals surface area contributed by atoms with E-state index in [9.17, 15) is 10.2 Å². The summed E-state index contributed by atoms with van der Waals surface area (Å²) in [4.78, 5) is 0. The highest BCUT2D eigenvalue weighted by Gasteiger charge is 2.30. The van der Waals surface area contributed by atoms with Crippen LogP contribution in [0.15, 0.2) is 0 Å². The van der Waals surface area contributed by atoms with Gasteiger partial charge in [0.05, 0.1) is 12.2 Å². The van der Waals surface area contributed by atoms with Gasteiger partial charge in [-0.2, -0.15) is 0 Å². The van der Waals surface area contributed by atoms with E-state index >= 15 is 0 Å². The van der Waals surface area contributed by atoms with Crippen molar-refractivity contribution in [1.82, 2.24) is 0 Å². The number of aliphatic hydroxyl groups excluding tert-OH is 2. The van der Waals surface area contributed by atoms with Gasteiger partial charge in [-0.25, -0.2) is 0 Å². The minimum atomic E-state index is -0.622. The molecule has 0 aromatic heterocycles. The van der Waals surface area contributed by atoms with Gasteiger partial charge in [0.25, 0.3) is 0 Å². The van der Waals surface area contributed by atoms with Crippen LogP contribution >= 0.6 is 0 Å². The first-order chi connectivity index (χ1) is 7.32. The van der Waals surface area contributed by atoms with Gasteiger partial charge in [0.1, 0.15) is 0 Å². The minimum absolute atomic E-state index is 0.234. The Labute approximate surface area is 101 Å². The van der Waals surface area contributed by atoms with E-state index in [1.807, 2.05) is 20.8 Å². The minimum Gasteiger partial charge on any atom is -0.390 e. The van der Waals surface area contributed by atoms with Crippen molar-refractivity contribution < 1.29 is 10.2 Å². The smallest absolute Gasteiger partial charge is 0.0847 e. The lowest BCUT2D eigenvalue weighted by Gasteiger charge is -2.31. The fraction of sp³-hybridized carbons (Fsp3) is 1.00. The van der Waals surface area contributed by atoms with E-state index in [0.717, 1.165) is 12.8 Å². The van der Waals surface area contributed by atoms with Crippen molar-refractivity contribution in [3.63, 3.8) is 0 Å². The van der Waals surface area contributed by atoms with Crippen molar-refractivity contribution in [2.45, 2.75) is 78.9 Å². The second-order valence-corrected chi connectivity index (χ2v) is 6.03. The molecule has 2 nitrogen and oxygen atoms in total. The van der Waals surface area contributed by atoms with E-state index in [1.54, 1.807) is 0 Å². The van der Waals surface area contributed by atoms with Gasteiger partial charge in [-0.1, -0.05) is 60.3 Å². The van der Waals surface area contributed by atoms with Gasteiger partial charge in [-0.3, -0.25) is 0 Å². The molecular formula is C14H30O2. The summed E-state index contributed by atoms with van der Waals surface area (Å²) in [6.45, 7) is 10.2. The molecule has 16 heavy (non-hydrogen) atoms. The highest BCUT2D eigenvalue weighted by Crippen LogP contribution is 2.27. The van der Waals surface area contributed by atoms with E-state index in [2.05, 4.69) is 13.8 Å². The Morgan fingerprint density at radius 3 is 2.00 bits per heavy atom. The Kier molecular flexibility index (Phi) is 7.25. The second kappa shape index (κ2) is 7.29. The number of rotatable bonds is 7. The molecule has 0 heterocycles. The highest BCUT2D eigenvalue weighted by atomic mass is 16.3. The van der Waals surface area contributed by atoms with Crippen molar-refractivity contribution in [3.8, 4) is 0 Å². The number of hydrogen-bond acceptors (Lipinski definition) is 2. The first kappa shape index (κ1) is 15.9. The van der Waals surface area contributed by atoms with E-state index < -0.39 is 12.2 Å². The molecule has 0 saturated carbocycles. The zero-order valence-corrected chi connectivity index (χ0v) is 11.7. The quantitative estimate of drug-likeness (QED) is 0.704. The Morgan fingerprint density at radius 1 is 1.06 bits per heavy atom. The predicted molar refractivity (Wildman–Crippen MR) is 69.4 cm³/mol. The molecule has 0 aliphatic heterocycles. The van der Waals surface area contributed by atoms with E-state index in [0.29, 0.717) is 5.92 Å². The molecule has 0 saturated heterocycles. The van der Waals surface area contributed by atoms with Crippen molar-refractivity contribution >= 4 is 0 Å². The Morgan fingerprint density at radius 2 is 1.62 bits per heavy atom. The topological polar surface area (TPSA) is 40.5 Å². The Hall–Kier alpha value is -0.0800. The maximum atomic E-state index is 10.0. The molecule has 0 aromatic carbocycles. The van der Waals surface area contributed by atoms with Crippen LogP contribution in [0.1, 0.15) is 66.7 Å². The van der Waals surface area contributed by atoms with Crippen LogP contribution < -0.4 is 0 Å². The molecule has 0 bridgehead atoms. The lowest BCUT2D eigenvalue weighted by Crippen LogP contribution is -2.38. The Balaban J connectivity index is 4.13. The molecule has 0 spiro atoms. The summed E-state index contributed by atoms with van der Waals surface area (Å²) in [7, 11) is 0. The summed E-state index contributed by atoms with van der Waals surface area (Å²) in [5.74, 6) is 0.548. The van der Waals surface area contributed by atoms with Crippen LogP contribution in [0.3, 0.4) is 0 Å². The molecule has 0 rings (SSSR count). The second-order valence-electron chi connectivity index (χ2n) is 6.03. The van der Waals surface area contributed by atoms with E-state index in [1.165, 1.54) is 19.3 Å². The fourth-order valence-electron chi connectivity index (χ4n) is 2.03. The zero-order valence-electron chi connectivity index (χ0n) is 11.7. The lowest BCUT2D eigenvalue weighted by atomic mass is 9.81. The van der Waals surface area contributed by atoms with Gasteiger partial charge in [0.2, 0.25) is 0 Å². The van der Waals surface area contributed by atoms with Gasteiger partial charge in [0.15, 0.2) is 0 Å². The SMILES string of the molecule is CCCCC(CC)CC(O)C(O)C(C)(C)C. The first-order valence-electron chi connectivity index (χ1n) is 6.69. The van der Waals surface area contributed by atoms with Crippen LogP contribution in [0, 0.1) is 11.3 Å². The molecule has 0 aromatic rings. The first-order valence-corrected chi connectivity index (χ1v) is 6.69. The summed E-state index contributed by atoms with van der Waals surface area (Å²) >= 11 is 0. The molecule has 0 aliphatic carbocycles. The summed E-state index contributed by atoms with van der Waals surface area (Å²) < 4.78 is 0. The Bertz CT molecular complexity index is 172. The fourth-order valence-corrected chi connectivity index (χ4v) is 2.03. The van der Waals surface area contributed by atoms with Crippen molar-refractivity contribution in [1.29, 1.82) is 0 Å². The summed E-state index contributed by atoms with van der Waals surface area (Å²) in [6, 6.07) is 0. The zero-order chi connectivity index (χ0) is 12.8. The molecule has 2 N–H and O–H groups in total. The summed E-state index contributed by atoms with van der Waals surface area (Å²) in [5, 5.41) is 20.0. The average molecular weight is 230 g/mol. The molecule has 3 unspecified atom stereocenters. The van der Waals surface area contributed by atoms with E-state index in [-0.39, 0.29) is 5.41 Å². The number of unbranched alkanes of at least 4 members (excludes halogenated alkanes) is 1. The predicted octanol–water partition coefficient (Wildman–Crippen LogP) is 3.36. The van der Waals surface area contributed by atoms with Crippen LogP contribution in [0.2, 0.25) is 0 Å². The third-order valence-corrected chi connectivity index (χ3v) is 3.37. The van der Waals surface area contributed by atoms with Gasteiger partial charge in [0, 0.05) is 0 Å². The van der Waals surface area contributed by atoms with Crippen LogP contribution in [-0.2, 0) is 0 Å². The molecular weight excluding hydrogens is 200 g/mol. The summed E-state index contributed by atoms with van der Waals surface area (Å²) in [5.41, 5.74) is -0.234. The molecule has 2 heteroatoms. The lowest BCUT2D eigenvalue weighted by molar-refractivity contribution is -0.0543. The molecule has 0 fully saturated rings. The maximum absolute atomic E-state index is 10.0. The maximum Gasteiger partial charge on any atom is 0.0847 e. The molecule has 98 valence electrons. The van der Waals surface area contributed by atoms with Crippen molar-refractivity contribution in [3.05, 3.63) is 0 Å². The molecule has 3 atom stereocenters. The van der Waals surface area contributed by atoms with Crippen LogP contribution in [-0.4, -0.2) is 22.4 Å². The third kappa shape index (κ3) is 5.86. The van der Waals surface area contributed by atoms with Gasteiger partial charge in [-0.05, 0) is 17.8 Å². The number of hydrogen-bond donors (Lipinski definition) is 2. The van der Waals surface area contributed by atoms with Crippen molar-refractivity contribution in [2.75, 3.05) is 0 Å². The van der Waals surface area contributed by atoms with Gasteiger partial charge >= 0.3 is 0 Å². The third-order valence-electron chi connectivity index (χ3n) is 3.37.